The van der Waals surface area contributed by atoms with E-state index in [0.717, 1.165) is 155 Å². The van der Waals surface area contributed by atoms with Crippen molar-refractivity contribution in [2.24, 2.45) is 0 Å². The Balaban J connectivity index is 0.964. The molecule has 12 aromatic carbocycles. The number of fused-ring (bicyclic) bond motifs is 14. The number of anilines is 6. The average molecular weight is 947 g/mol. The normalized spacial score (nSPS) is 12.4. The standard InChI is InChI=1S/C69H42N2O3/c1-41-19-8-12-35-56(41)70(58-37-17-32-52-50-30-14-27-44(65(50)73-68(52)58)42-20-4-2-5-21-42)60-40-62-64(49-26-10-9-25-47(49)60)55-39-61-63-48(29-16-34-54(63)67(55)72-62)46-24-11-13-36-57(46)71(61)59-38-18-33-53-51-31-15-28-45(66(51)74-69(53)59)43-22-6-3-7-23-43/h2-40H,1H3. The minimum absolute atomic E-state index is 0.801. The summed E-state index contributed by atoms with van der Waals surface area (Å²) in [5, 5.41) is 10.8. The summed E-state index contributed by atoms with van der Waals surface area (Å²) in [4.78, 5) is 4.80. The zero-order valence-electron chi connectivity index (χ0n) is 40.1. The molecule has 0 N–H and O–H groups in total. The summed E-state index contributed by atoms with van der Waals surface area (Å²) in [7, 11) is 0. The zero-order valence-corrected chi connectivity index (χ0v) is 40.1. The van der Waals surface area contributed by atoms with Gasteiger partial charge in [0.25, 0.3) is 0 Å². The fourth-order valence-electron chi connectivity index (χ4n) is 12.3. The van der Waals surface area contributed by atoms with Gasteiger partial charge in [-0.1, -0.05) is 200 Å². The lowest BCUT2D eigenvalue weighted by Gasteiger charge is -2.33. The molecule has 0 amide bonds. The molecule has 0 radical (unpaired) electrons. The average Bonchev–Trinajstić information content (AvgIpc) is 4.17. The first-order valence-electron chi connectivity index (χ1n) is 25.2. The predicted molar refractivity (Wildman–Crippen MR) is 307 cm³/mol. The fourth-order valence-corrected chi connectivity index (χ4v) is 12.3. The molecule has 5 nitrogen and oxygen atoms in total. The van der Waals surface area contributed by atoms with Crippen molar-refractivity contribution in [2.75, 3.05) is 9.80 Å². The number of para-hydroxylation sites is 6. The maximum Gasteiger partial charge on any atom is 0.159 e. The van der Waals surface area contributed by atoms with Crippen LogP contribution in [0.5, 0.6) is 0 Å². The molecule has 0 saturated carbocycles. The molecule has 0 atom stereocenters. The van der Waals surface area contributed by atoms with Gasteiger partial charge in [0, 0.05) is 76.9 Å². The van der Waals surface area contributed by atoms with Crippen LogP contribution in [-0.2, 0) is 0 Å². The Labute approximate surface area is 424 Å². The molecule has 16 rings (SSSR count). The molecule has 0 bridgehead atoms. The van der Waals surface area contributed by atoms with E-state index in [4.69, 9.17) is 13.3 Å². The molecule has 0 aliphatic carbocycles. The lowest BCUT2D eigenvalue weighted by molar-refractivity contribution is 0.669. The minimum atomic E-state index is 0.801. The van der Waals surface area contributed by atoms with Crippen molar-refractivity contribution < 1.29 is 13.3 Å². The number of nitrogens with zero attached hydrogens (tertiary/aromatic N) is 2. The van der Waals surface area contributed by atoms with E-state index in [-0.39, 0.29) is 0 Å². The molecule has 4 heterocycles. The van der Waals surface area contributed by atoms with Gasteiger partial charge < -0.3 is 23.1 Å². The highest BCUT2D eigenvalue weighted by Gasteiger charge is 2.32. The number of hydrogen-bond acceptors (Lipinski definition) is 5. The Morgan fingerprint density at radius 2 is 0.811 bits per heavy atom. The number of hydrogen-bond donors (Lipinski definition) is 0. The van der Waals surface area contributed by atoms with Crippen LogP contribution in [0, 0.1) is 6.92 Å². The lowest BCUT2D eigenvalue weighted by atomic mass is 9.89. The van der Waals surface area contributed by atoms with Gasteiger partial charge in [0.2, 0.25) is 0 Å². The Morgan fingerprint density at radius 3 is 1.54 bits per heavy atom. The molecule has 1 aliphatic heterocycles. The molecule has 346 valence electrons. The maximum atomic E-state index is 7.35. The van der Waals surface area contributed by atoms with Crippen LogP contribution >= 0.6 is 0 Å². The highest BCUT2D eigenvalue weighted by molar-refractivity contribution is 6.31. The summed E-state index contributed by atoms with van der Waals surface area (Å²) in [6.45, 7) is 2.18. The second-order valence-corrected chi connectivity index (χ2v) is 19.5. The second kappa shape index (κ2) is 15.6. The smallest absolute Gasteiger partial charge is 0.159 e. The van der Waals surface area contributed by atoms with Crippen LogP contribution in [0.3, 0.4) is 0 Å². The SMILES string of the molecule is Cc1ccccc1N(c1cc2oc3c4cccc5c4c(cc3c2c2ccccc12)N(c1cccc2c1oc1c(-c3ccccc3)cccc12)c1ccccc1-5)c1cccc2c1oc1c(-c3ccccc3)cccc12. The van der Waals surface area contributed by atoms with Crippen LogP contribution in [-0.4, -0.2) is 0 Å². The fraction of sp³-hybridized carbons (Fsp3) is 0.0145. The molecular formula is C69H42N2O3. The molecule has 0 spiro atoms. The maximum absolute atomic E-state index is 7.35. The third-order valence-electron chi connectivity index (χ3n) is 15.5. The number of benzene rings is 12. The molecule has 0 fully saturated rings. The zero-order chi connectivity index (χ0) is 48.6. The Kier molecular flexibility index (Phi) is 8.60. The molecule has 5 heteroatoms. The summed E-state index contributed by atoms with van der Waals surface area (Å²) < 4.78 is 21.6. The minimum Gasteiger partial charge on any atom is -0.455 e. The van der Waals surface area contributed by atoms with Crippen molar-refractivity contribution in [1.29, 1.82) is 0 Å². The van der Waals surface area contributed by atoms with Crippen LogP contribution in [0.4, 0.5) is 34.1 Å². The van der Waals surface area contributed by atoms with Crippen LogP contribution in [0.2, 0.25) is 0 Å². The summed E-state index contributed by atoms with van der Waals surface area (Å²) >= 11 is 0. The van der Waals surface area contributed by atoms with Gasteiger partial charge in [0.15, 0.2) is 11.2 Å². The Hall–Kier alpha value is -9.84. The van der Waals surface area contributed by atoms with Crippen LogP contribution in [0.1, 0.15) is 5.56 Å². The summed E-state index contributed by atoms with van der Waals surface area (Å²) in [6.07, 6.45) is 0. The van der Waals surface area contributed by atoms with Gasteiger partial charge in [0.05, 0.1) is 28.4 Å². The van der Waals surface area contributed by atoms with E-state index in [9.17, 15) is 0 Å². The number of furan rings is 3. The molecule has 1 aliphatic rings. The topological polar surface area (TPSA) is 45.9 Å². The number of aryl methyl sites for hydroxylation is 1. The number of rotatable bonds is 6. The van der Waals surface area contributed by atoms with Crippen molar-refractivity contribution >= 4 is 121 Å². The van der Waals surface area contributed by atoms with Crippen molar-refractivity contribution in [3.63, 3.8) is 0 Å². The Bertz CT molecular complexity index is 4810. The van der Waals surface area contributed by atoms with Crippen LogP contribution in [0.25, 0.3) is 121 Å². The van der Waals surface area contributed by atoms with Crippen molar-refractivity contribution in [2.45, 2.75) is 6.92 Å². The Morgan fingerprint density at radius 1 is 0.297 bits per heavy atom. The lowest BCUT2D eigenvalue weighted by Crippen LogP contribution is -2.15. The van der Waals surface area contributed by atoms with Gasteiger partial charge in [-0.05, 0) is 64.9 Å². The van der Waals surface area contributed by atoms with Gasteiger partial charge >= 0.3 is 0 Å². The van der Waals surface area contributed by atoms with Crippen LogP contribution in [0.15, 0.2) is 250 Å². The first-order valence-corrected chi connectivity index (χ1v) is 25.2. The monoisotopic (exact) mass is 946 g/mol. The highest BCUT2D eigenvalue weighted by Crippen LogP contribution is 2.56. The molecule has 15 aromatic rings. The largest absolute Gasteiger partial charge is 0.455 e. The van der Waals surface area contributed by atoms with Crippen molar-refractivity contribution in [3.8, 4) is 33.4 Å². The molecule has 0 saturated heterocycles. The van der Waals surface area contributed by atoms with Gasteiger partial charge in [-0.15, -0.1) is 0 Å². The summed E-state index contributed by atoms with van der Waals surface area (Å²) in [6, 6.07) is 84.4. The summed E-state index contributed by atoms with van der Waals surface area (Å²) in [5.41, 5.74) is 19.0. The second-order valence-electron chi connectivity index (χ2n) is 19.5. The molecule has 3 aromatic heterocycles. The van der Waals surface area contributed by atoms with Gasteiger partial charge in [0.1, 0.15) is 22.3 Å². The molecule has 0 unspecified atom stereocenters. The van der Waals surface area contributed by atoms with E-state index < -0.39 is 0 Å². The van der Waals surface area contributed by atoms with E-state index in [1.807, 2.05) is 0 Å². The quantitative estimate of drug-likeness (QED) is 0.166. The van der Waals surface area contributed by atoms with Gasteiger partial charge in [-0.2, -0.15) is 0 Å². The third-order valence-corrected chi connectivity index (χ3v) is 15.5. The van der Waals surface area contributed by atoms with Gasteiger partial charge in [-0.3, -0.25) is 0 Å². The van der Waals surface area contributed by atoms with E-state index in [1.54, 1.807) is 0 Å². The molecular weight excluding hydrogens is 905 g/mol. The van der Waals surface area contributed by atoms with Crippen LogP contribution < -0.4 is 9.80 Å². The highest BCUT2D eigenvalue weighted by atomic mass is 16.3. The van der Waals surface area contributed by atoms with Gasteiger partial charge in [-0.25, -0.2) is 0 Å². The van der Waals surface area contributed by atoms with E-state index in [0.29, 0.717) is 0 Å². The van der Waals surface area contributed by atoms with Crippen molar-refractivity contribution in [3.05, 3.63) is 242 Å². The first kappa shape index (κ1) is 40.8. The van der Waals surface area contributed by atoms with E-state index in [1.165, 1.54) is 5.56 Å². The third kappa shape index (κ3) is 5.75. The van der Waals surface area contributed by atoms with E-state index >= 15 is 0 Å². The summed E-state index contributed by atoms with van der Waals surface area (Å²) in [5.74, 6) is 0. The first-order chi connectivity index (χ1) is 36.7. The van der Waals surface area contributed by atoms with E-state index in [2.05, 4.69) is 253 Å². The molecule has 74 heavy (non-hydrogen) atoms. The van der Waals surface area contributed by atoms with Crippen molar-refractivity contribution in [1.82, 2.24) is 0 Å². The predicted octanol–water partition coefficient (Wildman–Crippen LogP) is 20.3.